The molecule has 0 saturated carbocycles. The number of hydrogen-bond donors (Lipinski definition) is 0. The Morgan fingerprint density at radius 2 is 2.08 bits per heavy atom. The SMILES string of the molecule is C=CCN1C(=O)/C(=C\c2coc3c(Cl)cc(Cl)cc3c2=O)SC1=S. The Balaban J connectivity index is 2.10. The third-order valence-corrected chi connectivity index (χ3v) is 5.17. The number of rotatable bonds is 3. The van der Waals surface area contributed by atoms with Crippen LogP contribution in [0, 0.1) is 0 Å². The van der Waals surface area contributed by atoms with E-state index in [1.165, 1.54) is 29.4 Å². The number of thiocarbonyl (C=S) groups is 1. The summed E-state index contributed by atoms with van der Waals surface area (Å²) in [4.78, 5) is 26.7. The zero-order chi connectivity index (χ0) is 17.4. The lowest BCUT2D eigenvalue weighted by Gasteiger charge is -2.10. The first kappa shape index (κ1) is 17.2. The number of halogens is 2. The van der Waals surface area contributed by atoms with Crippen LogP contribution in [0.25, 0.3) is 17.0 Å². The first-order valence-corrected chi connectivity index (χ1v) is 8.67. The molecule has 0 bridgehead atoms. The van der Waals surface area contributed by atoms with Gasteiger partial charge in [-0.25, -0.2) is 0 Å². The molecule has 0 spiro atoms. The van der Waals surface area contributed by atoms with Crippen LogP contribution in [0.15, 0.2) is 45.2 Å². The predicted octanol–water partition coefficient (Wildman–Crippen LogP) is 4.49. The van der Waals surface area contributed by atoms with Gasteiger partial charge in [-0.3, -0.25) is 14.5 Å². The summed E-state index contributed by atoms with van der Waals surface area (Å²) in [6.45, 7) is 3.91. The molecule has 0 N–H and O–H groups in total. The molecule has 24 heavy (non-hydrogen) atoms. The van der Waals surface area contributed by atoms with Crippen molar-refractivity contribution >= 4 is 74.5 Å². The highest BCUT2D eigenvalue weighted by atomic mass is 35.5. The maximum Gasteiger partial charge on any atom is 0.266 e. The molecule has 0 radical (unpaired) electrons. The number of hydrogen-bond acceptors (Lipinski definition) is 5. The Morgan fingerprint density at radius 1 is 1.33 bits per heavy atom. The minimum atomic E-state index is -0.324. The molecular formula is C16H9Cl2NO3S2. The van der Waals surface area contributed by atoms with Gasteiger partial charge in [0.05, 0.1) is 20.9 Å². The normalized spacial score (nSPS) is 16.4. The van der Waals surface area contributed by atoms with Crippen molar-refractivity contribution < 1.29 is 9.21 Å². The molecule has 0 aliphatic carbocycles. The molecule has 1 aliphatic heterocycles. The van der Waals surface area contributed by atoms with Gasteiger partial charge in [-0.15, -0.1) is 6.58 Å². The molecule has 1 aromatic carbocycles. The quantitative estimate of drug-likeness (QED) is 0.433. The van der Waals surface area contributed by atoms with Crippen molar-refractivity contribution in [1.82, 2.24) is 4.90 Å². The molecule has 3 rings (SSSR count). The number of fused-ring (bicyclic) bond motifs is 1. The molecule has 4 nitrogen and oxygen atoms in total. The molecule has 0 unspecified atom stereocenters. The lowest BCUT2D eigenvalue weighted by Crippen LogP contribution is -2.27. The van der Waals surface area contributed by atoms with Crippen LogP contribution >= 0.6 is 47.2 Å². The summed E-state index contributed by atoms with van der Waals surface area (Å²) in [6.07, 6.45) is 4.31. The van der Waals surface area contributed by atoms with Gasteiger partial charge in [0.25, 0.3) is 5.91 Å². The van der Waals surface area contributed by atoms with Crippen molar-refractivity contribution in [3.8, 4) is 0 Å². The molecule has 122 valence electrons. The fraction of sp³-hybridized carbons (Fsp3) is 0.0625. The van der Waals surface area contributed by atoms with Crippen LogP contribution in [0.3, 0.4) is 0 Å². The summed E-state index contributed by atoms with van der Waals surface area (Å²) in [5.41, 5.74) is 0.150. The van der Waals surface area contributed by atoms with E-state index >= 15 is 0 Å². The molecule has 1 fully saturated rings. The summed E-state index contributed by atoms with van der Waals surface area (Å²) in [6, 6.07) is 2.98. The zero-order valence-electron chi connectivity index (χ0n) is 12.0. The number of amides is 1. The third kappa shape index (κ3) is 3.02. The molecule has 2 heterocycles. The third-order valence-electron chi connectivity index (χ3n) is 3.29. The van der Waals surface area contributed by atoms with E-state index in [1.807, 2.05) is 0 Å². The average molecular weight is 398 g/mol. The van der Waals surface area contributed by atoms with Crippen molar-refractivity contribution in [2.45, 2.75) is 0 Å². The molecule has 1 aromatic heterocycles. The van der Waals surface area contributed by atoms with Gasteiger partial charge >= 0.3 is 0 Å². The molecule has 1 aliphatic rings. The Hall–Kier alpha value is -1.60. The van der Waals surface area contributed by atoms with Crippen LogP contribution < -0.4 is 5.43 Å². The number of thioether (sulfide) groups is 1. The smallest absolute Gasteiger partial charge is 0.266 e. The van der Waals surface area contributed by atoms with Crippen molar-refractivity contribution in [2.75, 3.05) is 6.54 Å². The lowest BCUT2D eigenvalue weighted by atomic mass is 10.1. The van der Waals surface area contributed by atoms with Gasteiger partial charge in [0.2, 0.25) is 0 Å². The molecule has 2 aromatic rings. The maximum atomic E-state index is 12.6. The fourth-order valence-electron chi connectivity index (χ4n) is 2.21. The molecule has 8 heteroatoms. The summed E-state index contributed by atoms with van der Waals surface area (Å²) < 4.78 is 5.86. The van der Waals surface area contributed by atoms with Crippen LogP contribution in [-0.4, -0.2) is 21.7 Å². The van der Waals surface area contributed by atoms with Crippen LogP contribution in [0.2, 0.25) is 10.0 Å². The summed E-state index contributed by atoms with van der Waals surface area (Å²) in [5.74, 6) is -0.270. The fourth-order valence-corrected chi connectivity index (χ4v) is 4.01. The minimum Gasteiger partial charge on any atom is -0.462 e. The second-order valence-electron chi connectivity index (χ2n) is 4.87. The monoisotopic (exact) mass is 397 g/mol. The van der Waals surface area contributed by atoms with E-state index in [2.05, 4.69) is 6.58 Å². The lowest BCUT2D eigenvalue weighted by molar-refractivity contribution is -0.121. The standard InChI is InChI=1S/C16H9Cl2NO3S2/c1-2-3-19-15(21)12(24-16(19)23)4-8-7-22-14-10(13(8)20)5-9(17)6-11(14)18/h2,4-7H,1,3H2/b12-4+. The van der Waals surface area contributed by atoms with Crippen LogP contribution in [-0.2, 0) is 4.79 Å². The van der Waals surface area contributed by atoms with Crippen molar-refractivity contribution in [2.24, 2.45) is 0 Å². The number of carbonyl (C=O) groups excluding carboxylic acids is 1. The van der Waals surface area contributed by atoms with Gasteiger partial charge in [-0.1, -0.05) is 53.3 Å². The van der Waals surface area contributed by atoms with Crippen molar-refractivity contribution in [3.05, 3.63) is 61.8 Å². The van der Waals surface area contributed by atoms with E-state index in [4.69, 9.17) is 39.8 Å². The Morgan fingerprint density at radius 3 is 2.79 bits per heavy atom. The Bertz CT molecular complexity index is 981. The molecule has 0 atom stereocenters. The topological polar surface area (TPSA) is 50.5 Å². The predicted molar refractivity (Wildman–Crippen MR) is 103 cm³/mol. The molecular weight excluding hydrogens is 389 g/mol. The second kappa shape index (κ2) is 6.72. The van der Waals surface area contributed by atoms with E-state index in [0.717, 1.165) is 11.8 Å². The van der Waals surface area contributed by atoms with E-state index in [9.17, 15) is 9.59 Å². The van der Waals surface area contributed by atoms with Gasteiger partial charge in [0.15, 0.2) is 11.0 Å². The van der Waals surface area contributed by atoms with Gasteiger partial charge in [-0.2, -0.15) is 0 Å². The first-order chi connectivity index (χ1) is 11.4. The van der Waals surface area contributed by atoms with Gasteiger partial charge in [-0.05, 0) is 18.2 Å². The highest BCUT2D eigenvalue weighted by Crippen LogP contribution is 2.32. The summed E-state index contributed by atoms with van der Waals surface area (Å²) >= 11 is 18.3. The largest absolute Gasteiger partial charge is 0.462 e. The second-order valence-corrected chi connectivity index (χ2v) is 7.38. The summed E-state index contributed by atoms with van der Waals surface area (Å²) in [7, 11) is 0. The highest BCUT2D eigenvalue weighted by molar-refractivity contribution is 8.26. The van der Waals surface area contributed by atoms with E-state index in [0.29, 0.717) is 20.8 Å². The van der Waals surface area contributed by atoms with E-state index in [-0.39, 0.29) is 32.9 Å². The number of carbonyl (C=O) groups is 1. The van der Waals surface area contributed by atoms with E-state index < -0.39 is 0 Å². The van der Waals surface area contributed by atoms with Crippen LogP contribution in [0.1, 0.15) is 5.56 Å². The van der Waals surface area contributed by atoms with E-state index in [1.54, 1.807) is 6.08 Å². The van der Waals surface area contributed by atoms with Gasteiger partial charge < -0.3 is 4.42 Å². The highest BCUT2D eigenvalue weighted by Gasteiger charge is 2.31. The summed E-state index contributed by atoms with van der Waals surface area (Å²) in [5, 5.41) is 0.829. The van der Waals surface area contributed by atoms with Gasteiger partial charge in [0.1, 0.15) is 10.6 Å². The number of nitrogens with zero attached hydrogens (tertiary/aromatic N) is 1. The first-order valence-electron chi connectivity index (χ1n) is 6.69. The maximum absolute atomic E-state index is 12.6. The molecule has 1 amide bonds. The Labute approximate surface area is 156 Å². The number of benzene rings is 1. The Kier molecular flexibility index (Phi) is 4.83. The van der Waals surface area contributed by atoms with Crippen LogP contribution in [0.5, 0.6) is 0 Å². The molecule has 1 saturated heterocycles. The average Bonchev–Trinajstić information content (AvgIpc) is 2.78. The van der Waals surface area contributed by atoms with Gasteiger partial charge in [0, 0.05) is 11.6 Å². The van der Waals surface area contributed by atoms with Crippen molar-refractivity contribution in [1.29, 1.82) is 0 Å². The minimum absolute atomic E-state index is 0.222. The van der Waals surface area contributed by atoms with Crippen LogP contribution in [0.4, 0.5) is 0 Å². The zero-order valence-corrected chi connectivity index (χ0v) is 15.2. The van der Waals surface area contributed by atoms with Crippen molar-refractivity contribution in [3.63, 3.8) is 0 Å².